The lowest BCUT2D eigenvalue weighted by atomic mass is 10.2. The molecule has 19 heavy (non-hydrogen) atoms. The number of nitrogens with one attached hydrogen (secondary N) is 2. The topological polar surface area (TPSA) is 54.0 Å². The Morgan fingerprint density at radius 3 is 3.05 bits per heavy atom. The summed E-state index contributed by atoms with van der Waals surface area (Å²) in [4.78, 5) is 16.2. The summed E-state index contributed by atoms with van der Waals surface area (Å²) in [7, 11) is 0. The fraction of sp³-hybridized carbons (Fsp3) is 0.286. The van der Waals surface area contributed by atoms with Crippen molar-refractivity contribution in [2.45, 2.75) is 18.9 Å². The molecule has 1 aromatic carbocycles. The van der Waals surface area contributed by atoms with Crippen LogP contribution in [0.4, 0.5) is 5.69 Å². The second-order valence-electron chi connectivity index (χ2n) is 4.73. The Morgan fingerprint density at radius 1 is 1.42 bits per heavy atom. The van der Waals surface area contributed by atoms with Gasteiger partial charge in [0.25, 0.3) is 0 Å². The molecule has 5 heteroatoms. The predicted octanol–water partition coefficient (Wildman–Crippen LogP) is 2.69. The van der Waals surface area contributed by atoms with Crippen LogP contribution < -0.4 is 10.6 Å². The molecule has 0 atom stereocenters. The molecule has 0 bridgehead atoms. The summed E-state index contributed by atoms with van der Waals surface area (Å²) in [6, 6.07) is 8.29. The molecule has 1 saturated carbocycles. The van der Waals surface area contributed by atoms with Gasteiger partial charge >= 0.3 is 0 Å². The van der Waals surface area contributed by atoms with Crippen LogP contribution in [0.1, 0.15) is 12.8 Å². The van der Waals surface area contributed by atoms with Gasteiger partial charge in [-0.3, -0.25) is 9.78 Å². The number of anilines is 1. The Bertz CT molecular complexity index is 625. The van der Waals surface area contributed by atoms with Crippen molar-refractivity contribution < 1.29 is 4.79 Å². The zero-order chi connectivity index (χ0) is 13.2. The molecular formula is C14H14BrN3O. The van der Waals surface area contributed by atoms with Crippen LogP contribution in [0.15, 0.2) is 34.9 Å². The normalized spacial score (nSPS) is 14.6. The molecule has 98 valence electrons. The third kappa shape index (κ3) is 3.11. The Morgan fingerprint density at radius 2 is 2.26 bits per heavy atom. The van der Waals surface area contributed by atoms with Crippen LogP contribution in [0, 0.1) is 0 Å². The third-order valence-electron chi connectivity index (χ3n) is 3.08. The molecule has 0 aliphatic heterocycles. The molecular weight excluding hydrogens is 306 g/mol. The largest absolute Gasteiger partial charge is 0.323 e. The van der Waals surface area contributed by atoms with Crippen molar-refractivity contribution in [3.8, 4) is 0 Å². The van der Waals surface area contributed by atoms with Crippen molar-refractivity contribution in [1.82, 2.24) is 10.3 Å². The fourth-order valence-corrected chi connectivity index (χ4v) is 2.30. The van der Waals surface area contributed by atoms with E-state index in [1.807, 2.05) is 24.3 Å². The van der Waals surface area contributed by atoms with Gasteiger partial charge in [0.1, 0.15) is 0 Å². The summed E-state index contributed by atoms with van der Waals surface area (Å²) in [5.74, 6) is -0.0240. The molecule has 1 fully saturated rings. The van der Waals surface area contributed by atoms with E-state index in [0.29, 0.717) is 12.6 Å². The van der Waals surface area contributed by atoms with E-state index < -0.39 is 0 Å². The number of nitrogens with zero attached hydrogens (tertiary/aromatic N) is 1. The second-order valence-corrected chi connectivity index (χ2v) is 5.65. The van der Waals surface area contributed by atoms with Gasteiger partial charge < -0.3 is 10.6 Å². The number of fused-ring (bicyclic) bond motifs is 1. The predicted molar refractivity (Wildman–Crippen MR) is 79.1 cm³/mol. The number of benzene rings is 1. The van der Waals surface area contributed by atoms with Gasteiger partial charge in [-0.2, -0.15) is 0 Å². The first-order chi connectivity index (χ1) is 9.22. The fourth-order valence-electron chi connectivity index (χ4n) is 1.95. The number of hydrogen-bond donors (Lipinski definition) is 2. The highest BCUT2D eigenvalue weighted by molar-refractivity contribution is 9.10. The van der Waals surface area contributed by atoms with Crippen molar-refractivity contribution in [2.75, 3.05) is 11.9 Å². The molecule has 0 spiro atoms. The van der Waals surface area contributed by atoms with Gasteiger partial charge in [0, 0.05) is 22.1 Å². The van der Waals surface area contributed by atoms with Crippen molar-refractivity contribution in [3.63, 3.8) is 0 Å². The molecule has 3 rings (SSSR count). The van der Waals surface area contributed by atoms with E-state index in [0.717, 1.165) is 21.1 Å². The molecule has 1 amide bonds. The SMILES string of the molecule is O=C(CNC1CC1)Nc1cccc2cc(Br)cnc12. The van der Waals surface area contributed by atoms with Crippen LogP contribution in [-0.4, -0.2) is 23.5 Å². The van der Waals surface area contributed by atoms with Crippen molar-refractivity contribution in [3.05, 3.63) is 34.9 Å². The number of halogens is 1. The van der Waals surface area contributed by atoms with Crippen molar-refractivity contribution >= 4 is 38.4 Å². The van der Waals surface area contributed by atoms with E-state index in [2.05, 4.69) is 31.5 Å². The average Bonchev–Trinajstić information content (AvgIpc) is 3.20. The van der Waals surface area contributed by atoms with Crippen LogP contribution in [0.2, 0.25) is 0 Å². The van der Waals surface area contributed by atoms with E-state index >= 15 is 0 Å². The lowest BCUT2D eigenvalue weighted by Crippen LogP contribution is -2.29. The van der Waals surface area contributed by atoms with E-state index in [1.54, 1.807) is 6.20 Å². The molecule has 1 aromatic heterocycles. The van der Waals surface area contributed by atoms with Gasteiger partial charge in [0.15, 0.2) is 0 Å². The molecule has 1 aliphatic rings. The van der Waals surface area contributed by atoms with Crippen molar-refractivity contribution in [2.24, 2.45) is 0 Å². The zero-order valence-corrected chi connectivity index (χ0v) is 11.9. The van der Waals surface area contributed by atoms with E-state index in [9.17, 15) is 4.79 Å². The number of carbonyl (C=O) groups is 1. The Labute approximate surface area is 119 Å². The average molecular weight is 320 g/mol. The summed E-state index contributed by atoms with van der Waals surface area (Å²) < 4.78 is 0.930. The second kappa shape index (κ2) is 5.27. The zero-order valence-electron chi connectivity index (χ0n) is 10.3. The number of para-hydroxylation sites is 1. The summed E-state index contributed by atoms with van der Waals surface area (Å²) in [6.07, 6.45) is 4.09. The minimum absolute atomic E-state index is 0.0240. The minimum atomic E-state index is -0.0240. The molecule has 0 saturated heterocycles. The number of pyridine rings is 1. The Hall–Kier alpha value is -1.46. The molecule has 0 unspecified atom stereocenters. The Kier molecular flexibility index (Phi) is 3.48. The smallest absolute Gasteiger partial charge is 0.238 e. The van der Waals surface area contributed by atoms with Gasteiger partial charge in [-0.15, -0.1) is 0 Å². The minimum Gasteiger partial charge on any atom is -0.323 e. The number of carbonyl (C=O) groups excluding carboxylic acids is 1. The highest BCUT2D eigenvalue weighted by Gasteiger charge is 2.21. The highest BCUT2D eigenvalue weighted by atomic mass is 79.9. The Balaban J connectivity index is 1.77. The van der Waals surface area contributed by atoms with Crippen LogP contribution in [0.25, 0.3) is 10.9 Å². The first-order valence-corrected chi connectivity index (χ1v) is 7.09. The molecule has 1 aliphatic carbocycles. The summed E-state index contributed by atoms with van der Waals surface area (Å²) in [5.41, 5.74) is 1.57. The maximum Gasteiger partial charge on any atom is 0.238 e. The van der Waals surface area contributed by atoms with E-state index in [1.165, 1.54) is 12.8 Å². The van der Waals surface area contributed by atoms with Crippen LogP contribution in [-0.2, 0) is 4.79 Å². The number of rotatable bonds is 4. The lowest BCUT2D eigenvalue weighted by molar-refractivity contribution is -0.115. The maximum atomic E-state index is 11.8. The van der Waals surface area contributed by atoms with Gasteiger partial charge in [0.2, 0.25) is 5.91 Å². The number of hydrogen-bond acceptors (Lipinski definition) is 3. The number of aromatic nitrogens is 1. The molecule has 2 aromatic rings. The summed E-state index contributed by atoms with van der Waals surface area (Å²) >= 11 is 3.40. The summed E-state index contributed by atoms with van der Waals surface area (Å²) in [6.45, 7) is 0.359. The quantitative estimate of drug-likeness (QED) is 0.911. The van der Waals surface area contributed by atoms with Crippen LogP contribution in [0.5, 0.6) is 0 Å². The van der Waals surface area contributed by atoms with Gasteiger partial charge in [-0.1, -0.05) is 12.1 Å². The monoisotopic (exact) mass is 319 g/mol. The third-order valence-corrected chi connectivity index (χ3v) is 3.51. The maximum absolute atomic E-state index is 11.8. The highest BCUT2D eigenvalue weighted by Crippen LogP contribution is 2.24. The number of amides is 1. The van der Waals surface area contributed by atoms with Crippen LogP contribution >= 0.6 is 15.9 Å². The van der Waals surface area contributed by atoms with E-state index in [4.69, 9.17) is 0 Å². The lowest BCUT2D eigenvalue weighted by Gasteiger charge is -2.08. The molecule has 2 N–H and O–H groups in total. The molecule has 4 nitrogen and oxygen atoms in total. The first-order valence-electron chi connectivity index (χ1n) is 6.30. The van der Waals surface area contributed by atoms with Gasteiger partial charge in [-0.05, 0) is 40.9 Å². The first kappa shape index (κ1) is 12.6. The van der Waals surface area contributed by atoms with Gasteiger partial charge in [0.05, 0.1) is 17.7 Å². The standard InChI is InChI=1S/C14H14BrN3O/c15-10-6-9-2-1-3-12(14(9)17-7-10)18-13(19)8-16-11-4-5-11/h1-3,6-7,11,16H,4-5,8H2,(H,18,19). The van der Waals surface area contributed by atoms with E-state index in [-0.39, 0.29) is 5.91 Å². The van der Waals surface area contributed by atoms with Gasteiger partial charge in [-0.25, -0.2) is 0 Å². The summed E-state index contributed by atoms with van der Waals surface area (Å²) in [5, 5.41) is 7.10. The molecule has 1 heterocycles. The van der Waals surface area contributed by atoms with Crippen molar-refractivity contribution in [1.29, 1.82) is 0 Å². The van der Waals surface area contributed by atoms with Crippen LogP contribution in [0.3, 0.4) is 0 Å². The molecule has 0 radical (unpaired) electrons.